The Hall–Kier alpha value is -2.44. The monoisotopic (exact) mass is 247 g/mol. The van der Waals surface area contributed by atoms with Gasteiger partial charge in [-0.3, -0.25) is 15.2 Å². The zero-order valence-corrected chi connectivity index (χ0v) is 10.0. The Morgan fingerprint density at radius 2 is 2.28 bits per heavy atom. The highest BCUT2D eigenvalue weighted by Gasteiger charge is 2.12. The third-order valence-electron chi connectivity index (χ3n) is 2.64. The smallest absolute Gasteiger partial charge is 0.269 e. The molecule has 0 radical (unpaired) electrons. The molecule has 0 aliphatic heterocycles. The lowest BCUT2D eigenvalue weighted by Gasteiger charge is -2.14. The maximum Gasteiger partial charge on any atom is 0.269 e. The first kappa shape index (κ1) is 12.0. The van der Waals surface area contributed by atoms with Crippen molar-refractivity contribution in [1.82, 2.24) is 15.2 Å². The van der Waals surface area contributed by atoms with Crippen LogP contribution in [0.15, 0.2) is 24.5 Å². The second-order valence-electron chi connectivity index (χ2n) is 3.99. The predicted molar refractivity (Wildman–Crippen MR) is 66.3 cm³/mol. The van der Waals surface area contributed by atoms with Gasteiger partial charge in [-0.15, -0.1) is 0 Å². The van der Waals surface area contributed by atoms with E-state index in [2.05, 4.69) is 20.5 Å². The number of H-pyrrole nitrogens is 1. The zero-order chi connectivity index (χ0) is 13.1. The van der Waals surface area contributed by atoms with Gasteiger partial charge in [-0.1, -0.05) is 0 Å². The standard InChI is InChI=1S/C11H13N5O2/c1-7-5-9(16(17)18)3-4-10(7)14-8(2)11-12-6-13-15-11/h3-6,8,14H,1-2H3,(H,12,13,15). The van der Waals surface area contributed by atoms with E-state index in [1.807, 2.05) is 13.8 Å². The van der Waals surface area contributed by atoms with E-state index in [1.54, 1.807) is 6.07 Å². The number of nitrogens with zero attached hydrogens (tertiary/aromatic N) is 3. The largest absolute Gasteiger partial charge is 0.375 e. The molecule has 94 valence electrons. The highest BCUT2D eigenvalue weighted by molar-refractivity contribution is 5.56. The number of aromatic amines is 1. The second-order valence-corrected chi connectivity index (χ2v) is 3.99. The first-order chi connectivity index (χ1) is 8.58. The maximum atomic E-state index is 10.6. The van der Waals surface area contributed by atoms with Gasteiger partial charge in [0.25, 0.3) is 5.69 Å². The van der Waals surface area contributed by atoms with Gasteiger partial charge in [0, 0.05) is 17.8 Å². The molecular formula is C11H13N5O2. The number of anilines is 1. The molecule has 1 unspecified atom stereocenters. The molecule has 1 aromatic heterocycles. The Kier molecular flexibility index (Phi) is 3.22. The Bertz CT molecular complexity index is 553. The lowest BCUT2D eigenvalue weighted by atomic mass is 10.1. The Labute approximate surface area is 103 Å². The summed E-state index contributed by atoms with van der Waals surface area (Å²) in [5, 5.41) is 20.4. The fourth-order valence-electron chi connectivity index (χ4n) is 1.65. The summed E-state index contributed by atoms with van der Waals surface area (Å²) < 4.78 is 0. The molecule has 0 aliphatic rings. The van der Waals surface area contributed by atoms with Crippen molar-refractivity contribution in [3.63, 3.8) is 0 Å². The molecule has 0 aliphatic carbocycles. The Morgan fingerprint density at radius 1 is 1.50 bits per heavy atom. The van der Waals surface area contributed by atoms with Crippen LogP contribution in [0.3, 0.4) is 0 Å². The van der Waals surface area contributed by atoms with Crippen molar-refractivity contribution in [3.05, 3.63) is 46.0 Å². The molecule has 1 aromatic carbocycles. The van der Waals surface area contributed by atoms with Gasteiger partial charge in [0.2, 0.25) is 0 Å². The van der Waals surface area contributed by atoms with Crippen LogP contribution in [0.1, 0.15) is 24.4 Å². The topological polar surface area (TPSA) is 96.7 Å². The third-order valence-corrected chi connectivity index (χ3v) is 2.64. The van der Waals surface area contributed by atoms with Crippen molar-refractivity contribution >= 4 is 11.4 Å². The molecule has 7 nitrogen and oxygen atoms in total. The summed E-state index contributed by atoms with van der Waals surface area (Å²) in [6, 6.07) is 4.66. The van der Waals surface area contributed by atoms with E-state index in [4.69, 9.17) is 0 Å². The summed E-state index contributed by atoms with van der Waals surface area (Å²) in [6.07, 6.45) is 1.44. The van der Waals surface area contributed by atoms with E-state index in [0.29, 0.717) is 5.82 Å². The molecule has 0 saturated heterocycles. The number of benzene rings is 1. The molecule has 0 saturated carbocycles. The summed E-state index contributed by atoms with van der Waals surface area (Å²) in [6.45, 7) is 3.75. The molecule has 2 aromatic rings. The maximum absolute atomic E-state index is 10.6. The number of aromatic nitrogens is 3. The van der Waals surface area contributed by atoms with Crippen LogP contribution in [0.25, 0.3) is 0 Å². The van der Waals surface area contributed by atoms with Crippen LogP contribution in [-0.2, 0) is 0 Å². The fourth-order valence-corrected chi connectivity index (χ4v) is 1.65. The van der Waals surface area contributed by atoms with Gasteiger partial charge in [0.1, 0.15) is 12.2 Å². The summed E-state index contributed by atoms with van der Waals surface area (Å²) in [7, 11) is 0. The minimum absolute atomic E-state index is 0.0485. The summed E-state index contributed by atoms with van der Waals surface area (Å²) >= 11 is 0. The molecule has 18 heavy (non-hydrogen) atoms. The number of nitro benzene ring substituents is 1. The minimum Gasteiger partial charge on any atom is -0.375 e. The lowest BCUT2D eigenvalue weighted by molar-refractivity contribution is -0.384. The van der Waals surface area contributed by atoms with E-state index in [-0.39, 0.29) is 11.7 Å². The van der Waals surface area contributed by atoms with Crippen molar-refractivity contribution in [1.29, 1.82) is 0 Å². The molecule has 7 heteroatoms. The van der Waals surface area contributed by atoms with Gasteiger partial charge in [-0.05, 0) is 25.5 Å². The van der Waals surface area contributed by atoms with Crippen LogP contribution < -0.4 is 5.32 Å². The number of non-ortho nitro benzene ring substituents is 1. The SMILES string of the molecule is Cc1cc([N+](=O)[O-])ccc1NC(C)c1ncn[nH]1. The molecular weight excluding hydrogens is 234 g/mol. The Balaban J connectivity index is 2.17. The number of nitro groups is 1. The van der Waals surface area contributed by atoms with E-state index in [9.17, 15) is 10.1 Å². The van der Waals surface area contributed by atoms with Gasteiger partial charge in [0.05, 0.1) is 11.0 Å². The summed E-state index contributed by atoms with van der Waals surface area (Å²) in [5.74, 6) is 0.716. The number of nitrogens with one attached hydrogen (secondary N) is 2. The van der Waals surface area contributed by atoms with E-state index in [0.717, 1.165) is 11.3 Å². The third kappa shape index (κ3) is 2.45. The van der Waals surface area contributed by atoms with Gasteiger partial charge in [-0.25, -0.2) is 4.98 Å². The molecule has 1 heterocycles. The van der Waals surface area contributed by atoms with E-state index < -0.39 is 4.92 Å². The summed E-state index contributed by atoms with van der Waals surface area (Å²) in [4.78, 5) is 14.3. The zero-order valence-electron chi connectivity index (χ0n) is 10.0. The predicted octanol–water partition coefficient (Wildman–Crippen LogP) is 2.19. The normalized spacial score (nSPS) is 12.1. The molecule has 2 rings (SSSR count). The van der Waals surface area contributed by atoms with Gasteiger partial charge in [-0.2, -0.15) is 5.10 Å². The van der Waals surface area contributed by atoms with Gasteiger partial charge >= 0.3 is 0 Å². The van der Waals surface area contributed by atoms with Gasteiger partial charge < -0.3 is 5.32 Å². The quantitative estimate of drug-likeness (QED) is 0.637. The van der Waals surface area contributed by atoms with Crippen molar-refractivity contribution in [2.75, 3.05) is 5.32 Å². The van der Waals surface area contributed by atoms with Crippen LogP contribution in [0.2, 0.25) is 0 Å². The number of rotatable bonds is 4. The number of aryl methyl sites for hydroxylation is 1. The fraction of sp³-hybridized carbons (Fsp3) is 0.273. The van der Waals surface area contributed by atoms with Gasteiger partial charge in [0.15, 0.2) is 0 Å². The second kappa shape index (κ2) is 4.82. The number of hydrogen-bond donors (Lipinski definition) is 2. The van der Waals surface area contributed by atoms with E-state index in [1.165, 1.54) is 18.5 Å². The first-order valence-electron chi connectivity index (χ1n) is 5.45. The van der Waals surface area contributed by atoms with Crippen LogP contribution in [-0.4, -0.2) is 20.1 Å². The van der Waals surface area contributed by atoms with Crippen LogP contribution in [0.4, 0.5) is 11.4 Å². The van der Waals surface area contributed by atoms with Crippen molar-refractivity contribution < 1.29 is 4.92 Å². The average Bonchev–Trinajstić information content (AvgIpc) is 2.85. The molecule has 0 spiro atoms. The first-order valence-corrected chi connectivity index (χ1v) is 5.45. The molecule has 0 bridgehead atoms. The van der Waals surface area contributed by atoms with Crippen molar-refractivity contribution in [2.45, 2.75) is 19.9 Å². The molecule has 0 fully saturated rings. The lowest BCUT2D eigenvalue weighted by Crippen LogP contribution is -2.09. The highest BCUT2D eigenvalue weighted by atomic mass is 16.6. The minimum atomic E-state index is -0.406. The Morgan fingerprint density at radius 3 is 2.83 bits per heavy atom. The van der Waals surface area contributed by atoms with E-state index >= 15 is 0 Å². The van der Waals surface area contributed by atoms with Crippen molar-refractivity contribution in [2.24, 2.45) is 0 Å². The molecule has 1 atom stereocenters. The summed E-state index contributed by atoms with van der Waals surface area (Å²) in [5.41, 5.74) is 1.74. The van der Waals surface area contributed by atoms with Crippen molar-refractivity contribution in [3.8, 4) is 0 Å². The van der Waals surface area contributed by atoms with Crippen LogP contribution >= 0.6 is 0 Å². The molecule has 0 amide bonds. The van der Waals surface area contributed by atoms with Crippen LogP contribution in [0.5, 0.6) is 0 Å². The van der Waals surface area contributed by atoms with Crippen LogP contribution in [0, 0.1) is 17.0 Å². The average molecular weight is 247 g/mol. The number of hydrogen-bond acceptors (Lipinski definition) is 5. The highest BCUT2D eigenvalue weighted by Crippen LogP contribution is 2.24. The molecule has 2 N–H and O–H groups in total.